The van der Waals surface area contributed by atoms with Crippen molar-refractivity contribution in [3.05, 3.63) is 71.8 Å². The SMILES string of the molecule is O=C(O)[C@@H]1CN(Cc2ccccc2)C[C@]12CCN2C(=O)OCc1ccccc1. The Morgan fingerprint density at radius 1 is 1.04 bits per heavy atom. The fourth-order valence-corrected chi connectivity index (χ4v) is 4.37. The van der Waals surface area contributed by atoms with Crippen molar-refractivity contribution in [2.45, 2.75) is 25.1 Å². The topological polar surface area (TPSA) is 70.1 Å². The minimum atomic E-state index is -0.851. The largest absolute Gasteiger partial charge is 0.481 e. The van der Waals surface area contributed by atoms with Crippen molar-refractivity contribution in [3.8, 4) is 0 Å². The van der Waals surface area contributed by atoms with Gasteiger partial charge in [-0.1, -0.05) is 60.7 Å². The number of carboxylic acid groups (broad SMARTS) is 1. The number of amides is 1. The highest BCUT2D eigenvalue weighted by Crippen LogP contribution is 2.44. The van der Waals surface area contributed by atoms with E-state index in [1.165, 1.54) is 0 Å². The van der Waals surface area contributed by atoms with Crippen molar-refractivity contribution in [1.82, 2.24) is 9.80 Å². The molecular formula is C22H24N2O4. The number of carbonyl (C=O) groups is 2. The lowest BCUT2D eigenvalue weighted by Crippen LogP contribution is -2.67. The van der Waals surface area contributed by atoms with Crippen LogP contribution in [0.25, 0.3) is 0 Å². The van der Waals surface area contributed by atoms with E-state index >= 15 is 0 Å². The third kappa shape index (κ3) is 3.47. The van der Waals surface area contributed by atoms with Gasteiger partial charge in [-0.05, 0) is 17.5 Å². The highest BCUT2D eigenvalue weighted by Gasteiger charge is 2.60. The van der Waals surface area contributed by atoms with Gasteiger partial charge in [0.1, 0.15) is 6.61 Å². The summed E-state index contributed by atoms with van der Waals surface area (Å²) in [5, 5.41) is 9.80. The molecule has 2 aromatic rings. The van der Waals surface area contributed by atoms with Crippen LogP contribution in [0.4, 0.5) is 4.79 Å². The molecule has 6 heteroatoms. The summed E-state index contributed by atoms with van der Waals surface area (Å²) in [4.78, 5) is 28.4. The van der Waals surface area contributed by atoms with Crippen LogP contribution in [0.2, 0.25) is 0 Å². The van der Waals surface area contributed by atoms with E-state index < -0.39 is 23.5 Å². The Bertz CT molecular complexity index is 842. The predicted molar refractivity (Wildman–Crippen MR) is 104 cm³/mol. The third-order valence-corrected chi connectivity index (χ3v) is 5.87. The molecule has 2 aliphatic rings. The predicted octanol–water partition coefficient (Wildman–Crippen LogP) is 2.98. The van der Waals surface area contributed by atoms with Gasteiger partial charge in [0.2, 0.25) is 0 Å². The maximum absolute atomic E-state index is 12.7. The van der Waals surface area contributed by atoms with E-state index in [9.17, 15) is 14.7 Å². The highest BCUT2D eigenvalue weighted by atomic mass is 16.6. The Balaban J connectivity index is 1.45. The van der Waals surface area contributed by atoms with Crippen molar-refractivity contribution in [1.29, 1.82) is 0 Å². The number of carbonyl (C=O) groups excluding carboxylic acids is 1. The van der Waals surface area contributed by atoms with E-state index in [-0.39, 0.29) is 6.61 Å². The summed E-state index contributed by atoms with van der Waals surface area (Å²) in [7, 11) is 0. The van der Waals surface area contributed by atoms with Gasteiger partial charge in [-0.15, -0.1) is 0 Å². The first-order valence-corrected chi connectivity index (χ1v) is 9.56. The fourth-order valence-electron chi connectivity index (χ4n) is 4.37. The molecule has 0 saturated carbocycles. The molecular weight excluding hydrogens is 356 g/mol. The van der Waals surface area contributed by atoms with Gasteiger partial charge in [0.05, 0.1) is 11.5 Å². The van der Waals surface area contributed by atoms with Gasteiger partial charge in [0.15, 0.2) is 0 Å². The molecule has 0 unspecified atom stereocenters. The summed E-state index contributed by atoms with van der Waals surface area (Å²) in [5.41, 5.74) is 1.38. The quantitative estimate of drug-likeness (QED) is 0.864. The number of aliphatic carboxylic acids is 1. The zero-order valence-corrected chi connectivity index (χ0v) is 15.7. The van der Waals surface area contributed by atoms with E-state index in [1.807, 2.05) is 60.7 Å². The molecule has 2 saturated heterocycles. The molecule has 2 fully saturated rings. The number of benzene rings is 2. The molecule has 6 nitrogen and oxygen atoms in total. The molecule has 0 radical (unpaired) electrons. The van der Waals surface area contributed by atoms with Crippen molar-refractivity contribution in [2.75, 3.05) is 19.6 Å². The second-order valence-corrected chi connectivity index (χ2v) is 7.59. The summed E-state index contributed by atoms with van der Waals surface area (Å²) in [6, 6.07) is 19.5. The number of likely N-dealkylation sites (tertiary alicyclic amines) is 2. The summed E-state index contributed by atoms with van der Waals surface area (Å²) >= 11 is 0. The number of ether oxygens (including phenoxy) is 1. The maximum atomic E-state index is 12.7. The molecule has 1 N–H and O–H groups in total. The second-order valence-electron chi connectivity index (χ2n) is 7.59. The van der Waals surface area contributed by atoms with Crippen LogP contribution in [0.5, 0.6) is 0 Å². The van der Waals surface area contributed by atoms with Crippen molar-refractivity contribution in [3.63, 3.8) is 0 Å². The van der Waals surface area contributed by atoms with Gasteiger partial charge in [-0.3, -0.25) is 9.69 Å². The van der Waals surface area contributed by atoms with E-state index in [1.54, 1.807) is 4.90 Å². The molecule has 2 aliphatic heterocycles. The number of nitrogens with zero attached hydrogens (tertiary/aromatic N) is 2. The average molecular weight is 380 g/mol. The number of hydrogen-bond acceptors (Lipinski definition) is 4. The summed E-state index contributed by atoms with van der Waals surface area (Å²) in [6.07, 6.45) is 0.262. The Hall–Kier alpha value is -2.86. The van der Waals surface area contributed by atoms with E-state index in [4.69, 9.17) is 4.74 Å². The number of carboxylic acids is 1. The molecule has 146 valence electrons. The number of rotatable bonds is 5. The lowest BCUT2D eigenvalue weighted by molar-refractivity contribution is -0.148. The minimum Gasteiger partial charge on any atom is -0.481 e. The lowest BCUT2D eigenvalue weighted by Gasteiger charge is -2.51. The zero-order chi connectivity index (χ0) is 19.6. The van der Waals surface area contributed by atoms with Crippen LogP contribution in [0, 0.1) is 5.92 Å². The van der Waals surface area contributed by atoms with Gasteiger partial charge in [0, 0.05) is 26.2 Å². The molecule has 4 rings (SSSR count). The van der Waals surface area contributed by atoms with Crippen molar-refractivity contribution in [2.24, 2.45) is 5.92 Å². The molecule has 0 bridgehead atoms. The Kier molecular flexibility index (Phi) is 5.05. The molecule has 1 spiro atoms. The van der Waals surface area contributed by atoms with Gasteiger partial charge in [-0.2, -0.15) is 0 Å². The van der Waals surface area contributed by atoms with Gasteiger partial charge in [0.25, 0.3) is 0 Å². The number of hydrogen-bond donors (Lipinski definition) is 1. The van der Waals surface area contributed by atoms with Crippen LogP contribution in [-0.2, 0) is 22.7 Å². The maximum Gasteiger partial charge on any atom is 0.410 e. The van der Waals surface area contributed by atoms with Gasteiger partial charge < -0.3 is 14.7 Å². The first-order chi connectivity index (χ1) is 13.6. The van der Waals surface area contributed by atoms with Crippen molar-refractivity contribution < 1.29 is 19.4 Å². The lowest BCUT2D eigenvalue weighted by atomic mass is 9.76. The first-order valence-electron chi connectivity index (χ1n) is 9.56. The summed E-state index contributed by atoms with van der Waals surface area (Å²) in [5.74, 6) is -1.45. The van der Waals surface area contributed by atoms with Crippen LogP contribution in [0.3, 0.4) is 0 Å². The Morgan fingerprint density at radius 2 is 1.68 bits per heavy atom. The standard InChI is InChI=1S/C22H24N2O4/c25-20(26)19-14-23(13-17-7-3-1-4-8-17)16-22(19)11-12-24(22)21(27)28-15-18-9-5-2-6-10-18/h1-10,19H,11-16H2,(H,25,26)/t19-,22+/m0/s1. The van der Waals surface area contributed by atoms with Crippen LogP contribution < -0.4 is 0 Å². The van der Waals surface area contributed by atoms with Crippen LogP contribution in [0.1, 0.15) is 17.5 Å². The second kappa shape index (κ2) is 7.64. The van der Waals surface area contributed by atoms with Crippen LogP contribution >= 0.6 is 0 Å². The monoisotopic (exact) mass is 380 g/mol. The van der Waals surface area contributed by atoms with E-state index in [0.29, 0.717) is 32.6 Å². The molecule has 2 aromatic carbocycles. The van der Waals surface area contributed by atoms with Gasteiger partial charge >= 0.3 is 12.1 Å². The first kappa shape index (κ1) is 18.5. The third-order valence-electron chi connectivity index (χ3n) is 5.87. The van der Waals surface area contributed by atoms with E-state index in [0.717, 1.165) is 11.1 Å². The average Bonchev–Trinajstić information content (AvgIpc) is 3.09. The van der Waals surface area contributed by atoms with Crippen LogP contribution in [0.15, 0.2) is 60.7 Å². The molecule has 2 atom stereocenters. The Morgan fingerprint density at radius 3 is 2.25 bits per heavy atom. The van der Waals surface area contributed by atoms with Gasteiger partial charge in [-0.25, -0.2) is 4.79 Å². The fraction of sp³-hybridized carbons (Fsp3) is 0.364. The molecule has 28 heavy (non-hydrogen) atoms. The normalized spacial score (nSPS) is 24.1. The van der Waals surface area contributed by atoms with Crippen molar-refractivity contribution >= 4 is 12.1 Å². The Labute approximate surface area is 164 Å². The molecule has 2 heterocycles. The highest BCUT2D eigenvalue weighted by molar-refractivity contribution is 5.77. The summed E-state index contributed by atoms with van der Waals surface area (Å²) < 4.78 is 5.48. The minimum absolute atomic E-state index is 0.192. The molecule has 0 aliphatic carbocycles. The van der Waals surface area contributed by atoms with E-state index in [2.05, 4.69) is 4.90 Å². The summed E-state index contributed by atoms with van der Waals surface area (Å²) in [6.45, 7) is 2.40. The smallest absolute Gasteiger partial charge is 0.410 e. The van der Waals surface area contributed by atoms with Crippen LogP contribution in [-0.4, -0.2) is 52.1 Å². The molecule has 1 amide bonds. The zero-order valence-electron chi connectivity index (χ0n) is 15.7. The molecule has 0 aromatic heterocycles.